The summed E-state index contributed by atoms with van der Waals surface area (Å²) in [6, 6.07) is 17.5. The third-order valence-electron chi connectivity index (χ3n) is 5.93. The maximum atomic E-state index is 13.5. The molecule has 0 aliphatic carbocycles. The summed E-state index contributed by atoms with van der Waals surface area (Å²) < 4.78 is 1.97. The van der Waals surface area contributed by atoms with Crippen LogP contribution in [0.5, 0.6) is 5.75 Å². The first-order chi connectivity index (χ1) is 15.0. The van der Waals surface area contributed by atoms with Crippen LogP contribution in [0.1, 0.15) is 34.4 Å². The van der Waals surface area contributed by atoms with E-state index in [9.17, 15) is 9.90 Å². The fourth-order valence-electron chi connectivity index (χ4n) is 4.39. The largest absolute Gasteiger partial charge is 0.508 e. The van der Waals surface area contributed by atoms with E-state index in [4.69, 9.17) is 9.98 Å². The molecule has 2 aliphatic heterocycles. The first kappa shape index (κ1) is 19.4. The molecule has 0 bridgehead atoms. The summed E-state index contributed by atoms with van der Waals surface area (Å²) in [5.74, 6) is 2.35. The highest BCUT2D eigenvalue weighted by atomic mass is 16.3. The third-order valence-corrected chi connectivity index (χ3v) is 5.93. The number of imidazole rings is 1. The summed E-state index contributed by atoms with van der Waals surface area (Å²) in [5, 5.41) is 9.57. The van der Waals surface area contributed by atoms with Crippen LogP contribution in [0.4, 0.5) is 5.82 Å². The van der Waals surface area contributed by atoms with Gasteiger partial charge < -0.3 is 9.67 Å². The van der Waals surface area contributed by atoms with Crippen molar-refractivity contribution in [3.05, 3.63) is 77.2 Å². The van der Waals surface area contributed by atoms with Crippen LogP contribution >= 0.6 is 0 Å². The molecule has 7 nitrogen and oxygen atoms in total. The Kier molecular flexibility index (Phi) is 4.73. The van der Waals surface area contributed by atoms with Crippen molar-refractivity contribution in [3.63, 3.8) is 0 Å². The smallest absolute Gasteiger partial charge is 0.281 e. The van der Waals surface area contributed by atoms with Gasteiger partial charge in [0, 0.05) is 13.1 Å². The van der Waals surface area contributed by atoms with Crippen molar-refractivity contribution in [2.45, 2.75) is 32.9 Å². The van der Waals surface area contributed by atoms with Crippen molar-refractivity contribution in [2.24, 2.45) is 4.99 Å². The van der Waals surface area contributed by atoms with E-state index in [0.717, 1.165) is 17.8 Å². The molecule has 31 heavy (non-hydrogen) atoms. The minimum absolute atomic E-state index is 0.0627. The summed E-state index contributed by atoms with van der Waals surface area (Å²) in [7, 11) is 0. The molecule has 0 spiro atoms. The van der Waals surface area contributed by atoms with E-state index in [1.165, 1.54) is 5.56 Å². The first-order valence-electron chi connectivity index (χ1n) is 10.6. The number of nitrogens with zero attached hydrogens (tertiary/aromatic N) is 5. The quantitative estimate of drug-likeness (QED) is 0.695. The van der Waals surface area contributed by atoms with Gasteiger partial charge in [-0.25, -0.2) is 9.98 Å². The predicted octanol–water partition coefficient (Wildman–Crippen LogP) is 3.21. The predicted molar refractivity (Wildman–Crippen MR) is 120 cm³/mol. The standard InChI is InChI=1S/C24H25N5O2/c1-3-27-23(31)21-22(25-16(2)28(21)14-18-9-11-20(30)12-10-18)29-15-19(26-24(27)29)13-17-7-5-4-6-8-17/h4-12,19,30H,3,13-15H2,1-2H3/t19-/m1/s1. The topological polar surface area (TPSA) is 74.0 Å². The number of anilines is 1. The molecule has 1 aromatic heterocycles. The fourth-order valence-corrected chi connectivity index (χ4v) is 4.39. The molecule has 0 saturated heterocycles. The van der Waals surface area contributed by atoms with E-state index in [2.05, 4.69) is 17.0 Å². The number of rotatable bonds is 5. The Labute approximate surface area is 181 Å². The number of guanidine groups is 1. The molecule has 0 unspecified atom stereocenters. The molecule has 1 atom stereocenters. The number of benzene rings is 2. The number of fused-ring (bicyclic) bond motifs is 3. The molecule has 0 fully saturated rings. The lowest BCUT2D eigenvalue weighted by molar-refractivity contribution is 0.0836. The molecule has 1 amide bonds. The van der Waals surface area contributed by atoms with Crippen molar-refractivity contribution in [1.82, 2.24) is 14.5 Å². The number of aromatic hydroxyl groups is 1. The summed E-state index contributed by atoms with van der Waals surface area (Å²) >= 11 is 0. The Morgan fingerprint density at radius 2 is 1.81 bits per heavy atom. The molecule has 158 valence electrons. The molecule has 0 saturated carbocycles. The normalized spacial score (nSPS) is 17.5. The Hall–Kier alpha value is -3.61. The number of phenols is 1. The zero-order valence-corrected chi connectivity index (χ0v) is 17.7. The van der Waals surface area contributed by atoms with Crippen molar-refractivity contribution in [2.75, 3.05) is 18.0 Å². The zero-order chi connectivity index (χ0) is 21.5. The number of aliphatic imine (C=N–C) groups is 1. The number of carbonyl (C=O) groups excluding carboxylic acids is 1. The molecule has 3 aromatic rings. The maximum absolute atomic E-state index is 13.5. The number of phenolic OH excluding ortho intramolecular Hbond substituents is 1. The molecule has 5 rings (SSSR count). The first-order valence-corrected chi connectivity index (χ1v) is 10.6. The van der Waals surface area contributed by atoms with Gasteiger partial charge in [0.25, 0.3) is 5.91 Å². The average Bonchev–Trinajstić information content (AvgIpc) is 3.32. The molecule has 0 radical (unpaired) electrons. The van der Waals surface area contributed by atoms with Crippen LogP contribution < -0.4 is 4.90 Å². The van der Waals surface area contributed by atoms with E-state index in [1.54, 1.807) is 17.0 Å². The lowest BCUT2D eigenvalue weighted by atomic mass is 10.1. The van der Waals surface area contributed by atoms with Gasteiger partial charge in [-0.1, -0.05) is 42.5 Å². The van der Waals surface area contributed by atoms with Gasteiger partial charge >= 0.3 is 0 Å². The molecule has 2 aromatic carbocycles. The highest BCUT2D eigenvalue weighted by Crippen LogP contribution is 2.33. The van der Waals surface area contributed by atoms with Crippen molar-refractivity contribution >= 4 is 17.7 Å². The lowest BCUT2D eigenvalue weighted by Crippen LogP contribution is -2.50. The maximum Gasteiger partial charge on any atom is 0.281 e. The van der Waals surface area contributed by atoms with Crippen LogP contribution in [0, 0.1) is 6.92 Å². The monoisotopic (exact) mass is 415 g/mol. The van der Waals surface area contributed by atoms with Gasteiger partial charge in [0.2, 0.25) is 5.96 Å². The highest BCUT2D eigenvalue weighted by Gasteiger charge is 2.43. The summed E-state index contributed by atoms with van der Waals surface area (Å²) in [6.07, 6.45) is 0.828. The van der Waals surface area contributed by atoms with Gasteiger partial charge in [-0.05, 0) is 43.5 Å². The summed E-state index contributed by atoms with van der Waals surface area (Å²) in [5.41, 5.74) is 2.84. The fraction of sp³-hybridized carbons (Fsp3) is 0.292. The molecular formula is C24H25N5O2. The number of hydrogen-bond donors (Lipinski definition) is 1. The molecular weight excluding hydrogens is 390 g/mol. The third kappa shape index (κ3) is 3.36. The van der Waals surface area contributed by atoms with Crippen molar-refractivity contribution < 1.29 is 9.90 Å². The Morgan fingerprint density at radius 3 is 2.52 bits per heavy atom. The van der Waals surface area contributed by atoms with E-state index in [1.807, 2.05) is 48.7 Å². The Morgan fingerprint density at radius 1 is 1.06 bits per heavy atom. The van der Waals surface area contributed by atoms with Gasteiger partial charge in [-0.2, -0.15) is 0 Å². The van der Waals surface area contributed by atoms with Crippen LogP contribution in [-0.2, 0) is 13.0 Å². The zero-order valence-electron chi connectivity index (χ0n) is 17.7. The van der Waals surface area contributed by atoms with Crippen LogP contribution in [0.3, 0.4) is 0 Å². The van der Waals surface area contributed by atoms with Gasteiger partial charge in [0.15, 0.2) is 11.5 Å². The lowest BCUT2D eigenvalue weighted by Gasteiger charge is -2.33. The van der Waals surface area contributed by atoms with Crippen LogP contribution in [-0.4, -0.2) is 50.6 Å². The van der Waals surface area contributed by atoms with Gasteiger partial charge in [0.1, 0.15) is 11.6 Å². The van der Waals surface area contributed by atoms with Crippen LogP contribution in [0.2, 0.25) is 0 Å². The number of hydrogen-bond acceptors (Lipinski definition) is 5. The minimum atomic E-state index is -0.0627. The van der Waals surface area contributed by atoms with Gasteiger partial charge in [-0.3, -0.25) is 14.6 Å². The highest BCUT2D eigenvalue weighted by molar-refractivity contribution is 6.18. The number of carbonyl (C=O) groups is 1. The number of aryl methyl sites for hydroxylation is 1. The Bertz CT molecular complexity index is 1150. The van der Waals surface area contributed by atoms with Gasteiger partial charge in [0.05, 0.1) is 12.6 Å². The van der Waals surface area contributed by atoms with Crippen LogP contribution in [0.15, 0.2) is 59.6 Å². The molecule has 3 heterocycles. The second-order valence-corrected chi connectivity index (χ2v) is 8.02. The van der Waals surface area contributed by atoms with E-state index in [0.29, 0.717) is 37.1 Å². The number of aromatic nitrogens is 2. The second kappa shape index (κ2) is 7.58. The molecule has 2 aliphatic rings. The van der Waals surface area contributed by atoms with E-state index >= 15 is 0 Å². The minimum Gasteiger partial charge on any atom is -0.508 e. The summed E-state index contributed by atoms with van der Waals surface area (Å²) in [4.78, 5) is 27.0. The Balaban J connectivity index is 1.50. The van der Waals surface area contributed by atoms with Gasteiger partial charge in [-0.15, -0.1) is 0 Å². The van der Waals surface area contributed by atoms with Crippen molar-refractivity contribution in [1.29, 1.82) is 0 Å². The average molecular weight is 415 g/mol. The summed E-state index contributed by atoms with van der Waals surface area (Å²) in [6.45, 7) is 5.68. The SMILES string of the molecule is CCN1C(=O)c2c(nc(C)n2Cc2ccc(O)cc2)N2C[C@@H](Cc3ccccc3)N=C12. The van der Waals surface area contributed by atoms with E-state index in [-0.39, 0.29) is 17.7 Å². The second-order valence-electron chi connectivity index (χ2n) is 8.02. The van der Waals surface area contributed by atoms with E-state index < -0.39 is 0 Å². The van der Waals surface area contributed by atoms with Crippen LogP contribution in [0.25, 0.3) is 0 Å². The number of amides is 1. The van der Waals surface area contributed by atoms with Crippen molar-refractivity contribution in [3.8, 4) is 5.75 Å². The molecule has 1 N–H and O–H groups in total. The molecule has 7 heteroatoms.